The van der Waals surface area contributed by atoms with E-state index in [1.54, 1.807) is 0 Å². The van der Waals surface area contributed by atoms with Crippen molar-refractivity contribution < 1.29 is 10.2 Å². The third-order valence-corrected chi connectivity index (χ3v) is 3.20. The zero-order chi connectivity index (χ0) is 15.7. The minimum atomic E-state index is 0.587. The molecule has 0 bridgehead atoms. The first-order chi connectivity index (χ1) is 9.61. The molecule has 0 aliphatic carbocycles. The minimum Gasteiger partial charge on any atom is -0.400 e. The quantitative estimate of drug-likeness (QED) is 0.858. The van der Waals surface area contributed by atoms with Gasteiger partial charge >= 0.3 is 0 Å². The Morgan fingerprint density at radius 2 is 1.25 bits per heavy atom. The van der Waals surface area contributed by atoms with Crippen LogP contribution in [0.5, 0.6) is 0 Å². The second-order valence-corrected chi connectivity index (χ2v) is 5.10. The Morgan fingerprint density at radius 3 is 1.75 bits per heavy atom. The van der Waals surface area contributed by atoms with Crippen LogP contribution in [0.2, 0.25) is 0 Å². The Kier molecular flexibility index (Phi) is 8.86. The van der Waals surface area contributed by atoms with Gasteiger partial charge in [-0.15, -0.1) is 0 Å². The number of aliphatic hydroxyl groups excluding tert-OH is 2. The molecular weight excluding hydrogens is 248 g/mol. The zero-order valence-corrected chi connectivity index (χ0v) is 13.5. The van der Waals surface area contributed by atoms with Crippen molar-refractivity contribution in [2.45, 2.75) is 39.5 Å². The summed E-state index contributed by atoms with van der Waals surface area (Å²) in [5.41, 5.74) is 3.02. The first-order valence-electron chi connectivity index (χ1n) is 7.02. The molecule has 0 aliphatic heterocycles. The van der Waals surface area contributed by atoms with E-state index in [-0.39, 0.29) is 0 Å². The Hall–Kier alpha value is -1.38. The van der Waals surface area contributed by atoms with Gasteiger partial charge in [0.25, 0.3) is 0 Å². The Bertz CT molecular complexity index is 502. The van der Waals surface area contributed by atoms with E-state index in [1.807, 2.05) is 0 Å². The summed E-state index contributed by atoms with van der Waals surface area (Å²) in [6, 6.07) is 13.2. The van der Waals surface area contributed by atoms with E-state index >= 15 is 0 Å². The van der Waals surface area contributed by atoms with E-state index in [4.69, 9.17) is 10.2 Å². The van der Waals surface area contributed by atoms with Crippen LogP contribution in [0.1, 0.15) is 50.7 Å². The highest BCUT2D eigenvalue weighted by atomic mass is 16.2. The number of benzene rings is 2. The fourth-order valence-electron chi connectivity index (χ4n) is 2.46. The van der Waals surface area contributed by atoms with E-state index in [9.17, 15) is 0 Å². The highest BCUT2D eigenvalue weighted by molar-refractivity contribution is 5.87. The normalized spacial score (nSPS) is 9.90. The van der Waals surface area contributed by atoms with Gasteiger partial charge in [-0.1, -0.05) is 64.1 Å². The van der Waals surface area contributed by atoms with Gasteiger partial charge in [0, 0.05) is 14.2 Å². The van der Waals surface area contributed by atoms with Crippen LogP contribution in [0.15, 0.2) is 36.4 Å². The molecule has 20 heavy (non-hydrogen) atoms. The summed E-state index contributed by atoms with van der Waals surface area (Å²) in [6.07, 6.45) is 0. The molecule has 2 heteroatoms. The summed E-state index contributed by atoms with van der Waals surface area (Å²) >= 11 is 0. The molecule has 2 N–H and O–H groups in total. The molecule has 0 heterocycles. The van der Waals surface area contributed by atoms with E-state index in [1.165, 1.54) is 21.9 Å². The summed E-state index contributed by atoms with van der Waals surface area (Å²) in [4.78, 5) is 0. The number of fused-ring (bicyclic) bond motifs is 1. The molecule has 112 valence electrons. The molecule has 0 aromatic heterocycles. The van der Waals surface area contributed by atoms with Gasteiger partial charge in [0.1, 0.15) is 0 Å². The molecular formula is C18H28O2. The molecule has 0 fully saturated rings. The van der Waals surface area contributed by atoms with E-state index < -0.39 is 0 Å². The van der Waals surface area contributed by atoms with Crippen molar-refractivity contribution in [3.63, 3.8) is 0 Å². The molecule has 2 nitrogen and oxygen atoms in total. The van der Waals surface area contributed by atoms with Gasteiger partial charge < -0.3 is 10.2 Å². The smallest absolute Gasteiger partial charge is 0.0319 e. The van der Waals surface area contributed by atoms with Crippen LogP contribution in [0, 0.1) is 0 Å². The largest absolute Gasteiger partial charge is 0.400 e. The summed E-state index contributed by atoms with van der Waals surface area (Å²) in [7, 11) is 2.00. The molecule has 0 saturated carbocycles. The average Bonchev–Trinajstić information content (AvgIpc) is 2.49. The molecule has 2 aromatic rings. The second-order valence-electron chi connectivity index (χ2n) is 5.10. The lowest BCUT2D eigenvalue weighted by atomic mass is 9.86. The van der Waals surface area contributed by atoms with Gasteiger partial charge in [-0.25, -0.2) is 0 Å². The maximum atomic E-state index is 7.00. The standard InChI is InChI=1S/C16H20.2CH4O/c1-11(2)14-10-9-13-7-5-6-8-15(13)16(14)12(3)4;2*1-2/h5-12H,1-4H3;2*2H,1H3. The van der Waals surface area contributed by atoms with Gasteiger partial charge in [0.05, 0.1) is 0 Å². The van der Waals surface area contributed by atoms with Crippen LogP contribution >= 0.6 is 0 Å². The summed E-state index contributed by atoms with van der Waals surface area (Å²) < 4.78 is 0. The third-order valence-electron chi connectivity index (χ3n) is 3.20. The van der Waals surface area contributed by atoms with Gasteiger partial charge in [0.2, 0.25) is 0 Å². The van der Waals surface area contributed by atoms with Gasteiger partial charge in [-0.2, -0.15) is 0 Å². The minimum absolute atomic E-state index is 0.587. The van der Waals surface area contributed by atoms with Crippen molar-refractivity contribution in [3.05, 3.63) is 47.5 Å². The van der Waals surface area contributed by atoms with Gasteiger partial charge in [-0.3, -0.25) is 0 Å². The first kappa shape index (κ1) is 18.6. The lowest BCUT2D eigenvalue weighted by Gasteiger charge is -2.18. The molecule has 0 spiro atoms. The third kappa shape index (κ3) is 4.32. The van der Waals surface area contributed by atoms with Crippen LogP contribution in [-0.2, 0) is 0 Å². The fourth-order valence-corrected chi connectivity index (χ4v) is 2.46. The van der Waals surface area contributed by atoms with Crippen molar-refractivity contribution in [3.8, 4) is 0 Å². The molecule has 0 unspecified atom stereocenters. The monoisotopic (exact) mass is 276 g/mol. The maximum Gasteiger partial charge on any atom is 0.0319 e. The Labute approximate surface area is 123 Å². The fraction of sp³-hybridized carbons (Fsp3) is 0.444. The van der Waals surface area contributed by atoms with Gasteiger partial charge in [-0.05, 0) is 33.7 Å². The second kappa shape index (κ2) is 9.51. The van der Waals surface area contributed by atoms with Crippen molar-refractivity contribution >= 4 is 10.8 Å². The first-order valence-corrected chi connectivity index (χ1v) is 7.02. The van der Waals surface area contributed by atoms with Crippen molar-refractivity contribution in [1.82, 2.24) is 0 Å². The zero-order valence-electron chi connectivity index (χ0n) is 13.5. The lowest BCUT2D eigenvalue weighted by Crippen LogP contribution is -1.99. The van der Waals surface area contributed by atoms with E-state index in [2.05, 4.69) is 64.1 Å². The number of hydrogen-bond donors (Lipinski definition) is 2. The molecule has 2 aromatic carbocycles. The van der Waals surface area contributed by atoms with Gasteiger partial charge in [0.15, 0.2) is 0 Å². The molecule has 0 aliphatic rings. The topological polar surface area (TPSA) is 40.5 Å². The Morgan fingerprint density at radius 1 is 0.700 bits per heavy atom. The Balaban J connectivity index is 0.000000829. The highest BCUT2D eigenvalue weighted by Crippen LogP contribution is 2.32. The van der Waals surface area contributed by atoms with Crippen molar-refractivity contribution in [2.75, 3.05) is 14.2 Å². The van der Waals surface area contributed by atoms with Crippen molar-refractivity contribution in [2.24, 2.45) is 0 Å². The van der Waals surface area contributed by atoms with E-state index in [0.717, 1.165) is 14.2 Å². The van der Waals surface area contributed by atoms with E-state index in [0.29, 0.717) is 11.8 Å². The average molecular weight is 276 g/mol. The predicted molar refractivity (Wildman–Crippen MR) is 88.4 cm³/mol. The van der Waals surface area contributed by atoms with Crippen LogP contribution in [0.25, 0.3) is 10.8 Å². The van der Waals surface area contributed by atoms with Crippen LogP contribution in [-0.4, -0.2) is 24.4 Å². The maximum absolute atomic E-state index is 7.00. The molecule has 0 amide bonds. The number of rotatable bonds is 2. The summed E-state index contributed by atoms with van der Waals surface area (Å²) in [5, 5.41) is 16.8. The molecule has 0 radical (unpaired) electrons. The molecule has 2 rings (SSSR count). The molecule has 0 saturated heterocycles. The SMILES string of the molecule is CC(C)c1ccc2ccccc2c1C(C)C.CO.CO. The summed E-state index contributed by atoms with van der Waals surface area (Å²) in [5.74, 6) is 1.19. The lowest BCUT2D eigenvalue weighted by molar-refractivity contribution is 0.399. The van der Waals surface area contributed by atoms with Crippen molar-refractivity contribution in [1.29, 1.82) is 0 Å². The number of hydrogen-bond acceptors (Lipinski definition) is 2. The highest BCUT2D eigenvalue weighted by Gasteiger charge is 2.12. The summed E-state index contributed by atoms with van der Waals surface area (Å²) in [6.45, 7) is 9.12. The number of aliphatic hydroxyl groups is 2. The predicted octanol–water partition coefficient (Wildman–Crippen LogP) is 4.30. The van der Waals surface area contributed by atoms with Crippen LogP contribution in [0.4, 0.5) is 0 Å². The molecule has 0 atom stereocenters. The van der Waals surface area contributed by atoms with Crippen LogP contribution < -0.4 is 0 Å². The van der Waals surface area contributed by atoms with Crippen LogP contribution in [0.3, 0.4) is 0 Å².